The zero-order chi connectivity index (χ0) is 13.8. The highest BCUT2D eigenvalue weighted by Crippen LogP contribution is 2.18. The van der Waals surface area contributed by atoms with Crippen LogP contribution in [-0.2, 0) is 18.3 Å². The van der Waals surface area contributed by atoms with Crippen LogP contribution in [0.5, 0.6) is 0 Å². The van der Waals surface area contributed by atoms with Crippen molar-refractivity contribution < 1.29 is 4.74 Å². The fourth-order valence-electron chi connectivity index (χ4n) is 2.42. The molecule has 2 heterocycles. The maximum Gasteiger partial charge on any atom is 0.131 e. The van der Waals surface area contributed by atoms with Crippen LogP contribution in [0.2, 0.25) is 5.15 Å². The van der Waals surface area contributed by atoms with Crippen molar-refractivity contribution in [2.75, 3.05) is 32.8 Å². The molecule has 1 atom stereocenters. The van der Waals surface area contributed by atoms with Gasteiger partial charge < -0.3 is 10.1 Å². The van der Waals surface area contributed by atoms with Crippen molar-refractivity contribution in [2.24, 2.45) is 7.05 Å². The summed E-state index contributed by atoms with van der Waals surface area (Å²) in [5.41, 5.74) is 2.06. The number of rotatable bonds is 5. The molecule has 6 heteroatoms. The zero-order valence-corrected chi connectivity index (χ0v) is 12.7. The monoisotopic (exact) mass is 286 g/mol. The van der Waals surface area contributed by atoms with Gasteiger partial charge in [-0.3, -0.25) is 9.58 Å². The fraction of sp³-hybridized carbons (Fsp3) is 0.769. The molecular formula is C13H23ClN4O. The van der Waals surface area contributed by atoms with Gasteiger partial charge in [0.1, 0.15) is 5.15 Å². The molecule has 0 radical (unpaired) electrons. The lowest BCUT2D eigenvalue weighted by Gasteiger charge is -2.32. The van der Waals surface area contributed by atoms with Crippen LogP contribution in [-0.4, -0.2) is 53.6 Å². The van der Waals surface area contributed by atoms with E-state index in [9.17, 15) is 0 Å². The fourth-order valence-corrected chi connectivity index (χ4v) is 2.67. The molecule has 108 valence electrons. The Kier molecular flexibility index (Phi) is 5.21. The highest BCUT2D eigenvalue weighted by Gasteiger charge is 2.19. The zero-order valence-electron chi connectivity index (χ0n) is 11.9. The lowest BCUT2D eigenvalue weighted by Crippen LogP contribution is -2.46. The molecule has 0 bridgehead atoms. The number of hydrogen-bond acceptors (Lipinski definition) is 4. The molecule has 5 nitrogen and oxygen atoms in total. The van der Waals surface area contributed by atoms with E-state index in [1.807, 2.05) is 14.0 Å². The van der Waals surface area contributed by atoms with Gasteiger partial charge in [-0.1, -0.05) is 18.5 Å². The average molecular weight is 287 g/mol. The summed E-state index contributed by atoms with van der Waals surface area (Å²) in [6.07, 6.45) is 0.268. The normalized spacial score (nSPS) is 20.9. The molecule has 0 saturated carbocycles. The smallest absolute Gasteiger partial charge is 0.131 e. The number of ether oxygens (including phenoxy) is 1. The van der Waals surface area contributed by atoms with Crippen molar-refractivity contribution >= 4 is 11.6 Å². The largest absolute Gasteiger partial charge is 0.374 e. The highest BCUT2D eigenvalue weighted by atomic mass is 35.5. The summed E-state index contributed by atoms with van der Waals surface area (Å²) in [5, 5.41) is 8.44. The van der Waals surface area contributed by atoms with Crippen molar-refractivity contribution in [2.45, 2.75) is 26.5 Å². The van der Waals surface area contributed by atoms with Crippen molar-refractivity contribution in [3.05, 3.63) is 16.4 Å². The summed E-state index contributed by atoms with van der Waals surface area (Å²) < 4.78 is 7.47. The Morgan fingerprint density at radius 1 is 1.53 bits per heavy atom. The van der Waals surface area contributed by atoms with E-state index in [0.29, 0.717) is 5.15 Å². The van der Waals surface area contributed by atoms with E-state index in [-0.39, 0.29) is 6.10 Å². The number of aromatic nitrogens is 2. The molecule has 1 aliphatic rings. The molecule has 1 aliphatic heterocycles. The number of nitrogens with zero attached hydrogens (tertiary/aromatic N) is 3. The van der Waals surface area contributed by atoms with Gasteiger partial charge in [0.25, 0.3) is 0 Å². The molecule has 0 aliphatic carbocycles. The average Bonchev–Trinajstić information content (AvgIpc) is 2.65. The van der Waals surface area contributed by atoms with Crippen LogP contribution in [0.15, 0.2) is 0 Å². The van der Waals surface area contributed by atoms with Gasteiger partial charge in [-0.2, -0.15) is 5.10 Å². The lowest BCUT2D eigenvalue weighted by atomic mass is 10.2. The SMILES string of the molecule is CCN1CCO[C@@H](CNCc2c(C)nn(C)c2Cl)C1. The number of aryl methyl sites for hydroxylation is 2. The Morgan fingerprint density at radius 3 is 2.95 bits per heavy atom. The second kappa shape index (κ2) is 6.70. The van der Waals surface area contributed by atoms with Crippen LogP contribution in [0.1, 0.15) is 18.2 Å². The van der Waals surface area contributed by atoms with E-state index in [1.165, 1.54) is 0 Å². The van der Waals surface area contributed by atoms with Crippen molar-refractivity contribution in [1.29, 1.82) is 0 Å². The van der Waals surface area contributed by atoms with Crippen LogP contribution in [0.3, 0.4) is 0 Å². The molecule has 1 saturated heterocycles. The first-order chi connectivity index (χ1) is 9.11. The summed E-state index contributed by atoms with van der Waals surface area (Å²) in [5.74, 6) is 0. The molecule has 2 rings (SSSR count). The van der Waals surface area contributed by atoms with Crippen LogP contribution < -0.4 is 5.32 Å². The molecule has 0 amide bonds. The van der Waals surface area contributed by atoms with E-state index in [2.05, 4.69) is 22.2 Å². The van der Waals surface area contributed by atoms with Gasteiger partial charge in [0.05, 0.1) is 18.4 Å². The first-order valence-corrected chi connectivity index (χ1v) is 7.22. The first kappa shape index (κ1) is 14.8. The Labute approximate surface area is 119 Å². The molecule has 1 aromatic heterocycles. The van der Waals surface area contributed by atoms with Gasteiger partial charge >= 0.3 is 0 Å². The summed E-state index contributed by atoms with van der Waals surface area (Å²) >= 11 is 6.20. The lowest BCUT2D eigenvalue weighted by molar-refractivity contribution is -0.0253. The predicted molar refractivity (Wildman–Crippen MR) is 76.5 cm³/mol. The van der Waals surface area contributed by atoms with E-state index in [0.717, 1.165) is 50.6 Å². The van der Waals surface area contributed by atoms with Crippen molar-refractivity contribution in [3.63, 3.8) is 0 Å². The predicted octanol–water partition coefficient (Wildman–Crippen LogP) is 1.19. The van der Waals surface area contributed by atoms with E-state index in [4.69, 9.17) is 16.3 Å². The summed E-state index contributed by atoms with van der Waals surface area (Å²) in [6, 6.07) is 0. The quantitative estimate of drug-likeness (QED) is 0.883. The van der Waals surface area contributed by atoms with Crippen LogP contribution in [0.4, 0.5) is 0 Å². The van der Waals surface area contributed by atoms with Gasteiger partial charge in [-0.25, -0.2) is 0 Å². The number of halogens is 1. The topological polar surface area (TPSA) is 42.3 Å². The molecule has 0 unspecified atom stereocenters. The first-order valence-electron chi connectivity index (χ1n) is 6.84. The van der Waals surface area contributed by atoms with E-state index < -0.39 is 0 Å². The van der Waals surface area contributed by atoms with Gasteiger partial charge in [0, 0.05) is 38.8 Å². The molecule has 19 heavy (non-hydrogen) atoms. The van der Waals surface area contributed by atoms with Gasteiger partial charge in [-0.05, 0) is 13.5 Å². The summed E-state index contributed by atoms with van der Waals surface area (Å²) in [6.45, 7) is 9.73. The third kappa shape index (κ3) is 3.69. The molecule has 1 fully saturated rings. The molecular weight excluding hydrogens is 264 g/mol. The molecule has 1 aromatic rings. The number of nitrogens with one attached hydrogen (secondary N) is 1. The standard InChI is InChI=1S/C13H23ClN4O/c1-4-18-5-6-19-11(9-18)7-15-8-12-10(2)16-17(3)13(12)14/h11,15H,4-9H2,1-3H3/t11-/m0/s1. The maximum atomic E-state index is 6.20. The minimum Gasteiger partial charge on any atom is -0.374 e. The molecule has 0 aromatic carbocycles. The highest BCUT2D eigenvalue weighted by molar-refractivity contribution is 6.30. The summed E-state index contributed by atoms with van der Waals surface area (Å²) in [7, 11) is 1.86. The number of hydrogen-bond donors (Lipinski definition) is 1. The third-order valence-electron chi connectivity index (χ3n) is 3.61. The second-order valence-electron chi connectivity index (χ2n) is 5.00. The molecule has 0 spiro atoms. The van der Waals surface area contributed by atoms with Crippen LogP contribution >= 0.6 is 11.6 Å². The number of morpholine rings is 1. The Balaban J connectivity index is 1.80. The Bertz CT molecular complexity index is 421. The summed E-state index contributed by atoms with van der Waals surface area (Å²) in [4.78, 5) is 2.41. The minimum atomic E-state index is 0.268. The van der Waals surface area contributed by atoms with Crippen molar-refractivity contribution in [3.8, 4) is 0 Å². The Hall–Kier alpha value is -0.620. The molecule has 1 N–H and O–H groups in total. The maximum absolute atomic E-state index is 6.20. The van der Waals surface area contributed by atoms with Gasteiger partial charge in [0.2, 0.25) is 0 Å². The number of likely N-dealkylation sites (N-methyl/N-ethyl adjacent to an activating group) is 1. The minimum absolute atomic E-state index is 0.268. The van der Waals surface area contributed by atoms with Crippen molar-refractivity contribution in [1.82, 2.24) is 20.0 Å². The second-order valence-corrected chi connectivity index (χ2v) is 5.35. The van der Waals surface area contributed by atoms with Gasteiger partial charge in [-0.15, -0.1) is 0 Å². The third-order valence-corrected chi connectivity index (χ3v) is 4.09. The van der Waals surface area contributed by atoms with E-state index in [1.54, 1.807) is 4.68 Å². The Morgan fingerprint density at radius 2 is 2.32 bits per heavy atom. The van der Waals surface area contributed by atoms with E-state index >= 15 is 0 Å². The van der Waals surface area contributed by atoms with Crippen LogP contribution in [0.25, 0.3) is 0 Å². The van der Waals surface area contributed by atoms with Crippen LogP contribution in [0, 0.1) is 6.92 Å². The van der Waals surface area contributed by atoms with Gasteiger partial charge in [0.15, 0.2) is 0 Å².